The Balaban J connectivity index is 1.51. The number of oxime groups is 1. The van der Waals surface area contributed by atoms with Crippen LogP contribution in [-0.2, 0) is 4.84 Å². The fourth-order valence-corrected chi connectivity index (χ4v) is 4.20. The van der Waals surface area contributed by atoms with Crippen molar-refractivity contribution in [2.24, 2.45) is 5.16 Å². The lowest BCUT2D eigenvalue weighted by atomic mass is 10.2. The molecule has 0 radical (unpaired) electrons. The molecule has 5 heteroatoms. The molecule has 2 aliphatic rings. The van der Waals surface area contributed by atoms with Gasteiger partial charge in [0.15, 0.2) is 0 Å². The highest BCUT2D eigenvalue weighted by Gasteiger charge is 2.28. The van der Waals surface area contributed by atoms with Crippen molar-refractivity contribution in [2.75, 3.05) is 26.2 Å². The summed E-state index contributed by atoms with van der Waals surface area (Å²) in [6.07, 6.45) is 4.74. The van der Waals surface area contributed by atoms with Gasteiger partial charge in [0.1, 0.15) is 12.3 Å². The predicted molar refractivity (Wildman–Crippen MR) is 85.6 cm³/mol. The number of thiophene rings is 1. The van der Waals surface area contributed by atoms with Crippen LogP contribution in [0.25, 0.3) is 5.69 Å². The molecule has 0 saturated carbocycles. The Morgan fingerprint density at radius 3 is 3.05 bits per heavy atom. The van der Waals surface area contributed by atoms with Crippen molar-refractivity contribution >= 4 is 17.0 Å². The molecule has 0 N–H and O–H groups in total. The zero-order valence-electron chi connectivity index (χ0n) is 12.2. The van der Waals surface area contributed by atoms with Gasteiger partial charge in [-0.1, -0.05) is 5.16 Å². The SMILES string of the molecule is Cc1csc2c1-n1cccc1/C2=N/OCCN1CCCC1. The fourth-order valence-electron chi connectivity index (χ4n) is 3.17. The van der Waals surface area contributed by atoms with Gasteiger partial charge in [-0.25, -0.2) is 0 Å². The lowest BCUT2D eigenvalue weighted by molar-refractivity contribution is 0.119. The number of aromatic nitrogens is 1. The van der Waals surface area contributed by atoms with E-state index in [1.807, 2.05) is 0 Å². The second kappa shape index (κ2) is 5.31. The molecular formula is C16H19N3OS. The number of likely N-dealkylation sites (tertiary alicyclic amines) is 1. The third kappa shape index (κ3) is 2.21. The van der Waals surface area contributed by atoms with Crippen molar-refractivity contribution in [3.8, 4) is 5.69 Å². The topological polar surface area (TPSA) is 29.8 Å². The van der Waals surface area contributed by atoms with E-state index in [2.05, 4.69) is 45.3 Å². The Labute approximate surface area is 128 Å². The standard InChI is InChI=1S/C16H19N3OS/c1-12-11-21-16-14(13-5-4-8-19(13)15(12)16)17-20-10-9-18-6-2-3-7-18/h4-5,8,11H,2-3,6-7,9-10H2,1H3/b17-14-. The highest BCUT2D eigenvalue weighted by Crippen LogP contribution is 2.35. The molecule has 4 nitrogen and oxygen atoms in total. The molecule has 2 aromatic heterocycles. The Bertz CT molecular complexity index is 680. The Morgan fingerprint density at radius 1 is 1.33 bits per heavy atom. The summed E-state index contributed by atoms with van der Waals surface area (Å²) >= 11 is 1.75. The van der Waals surface area contributed by atoms with Gasteiger partial charge < -0.3 is 9.40 Å². The molecule has 0 bridgehead atoms. The van der Waals surface area contributed by atoms with Crippen LogP contribution in [0.2, 0.25) is 0 Å². The smallest absolute Gasteiger partial charge is 0.146 e. The number of rotatable bonds is 4. The second-order valence-corrected chi connectivity index (χ2v) is 6.56. The summed E-state index contributed by atoms with van der Waals surface area (Å²) < 4.78 is 2.21. The van der Waals surface area contributed by atoms with Crippen LogP contribution in [0.5, 0.6) is 0 Å². The van der Waals surface area contributed by atoms with Crippen molar-refractivity contribution < 1.29 is 4.84 Å². The molecule has 2 aliphatic heterocycles. The second-order valence-electron chi connectivity index (χ2n) is 5.68. The summed E-state index contributed by atoms with van der Waals surface area (Å²) in [7, 11) is 0. The molecule has 4 rings (SSSR count). The van der Waals surface area contributed by atoms with Crippen LogP contribution in [0.1, 0.15) is 29.0 Å². The van der Waals surface area contributed by atoms with Gasteiger partial charge in [0.05, 0.1) is 16.3 Å². The van der Waals surface area contributed by atoms with E-state index in [-0.39, 0.29) is 0 Å². The summed E-state index contributed by atoms with van der Waals surface area (Å²) in [5.41, 5.74) is 4.69. The van der Waals surface area contributed by atoms with E-state index in [1.165, 1.54) is 42.1 Å². The normalized spacial score (nSPS) is 19.2. The van der Waals surface area contributed by atoms with E-state index in [9.17, 15) is 0 Å². The van der Waals surface area contributed by atoms with Gasteiger partial charge in [0, 0.05) is 12.7 Å². The molecule has 0 aromatic carbocycles. The maximum atomic E-state index is 5.61. The van der Waals surface area contributed by atoms with E-state index in [4.69, 9.17) is 4.84 Å². The minimum Gasteiger partial charge on any atom is -0.394 e. The molecule has 21 heavy (non-hydrogen) atoms. The van der Waals surface area contributed by atoms with E-state index in [0.29, 0.717) is 6.61 Å². The minimum atomic E-state index is 0.671. The molecule has 1 fully saturated rings. The highest BCUT2D eigenvalue weighted by atomic mass is 32.1. The number of aryl methyl sites for hydroxylation is 1. The zero-order chi connectivity index (χ0) is 14.2. The van der Waals surface area contributed by atoms with Gasteiger partial charge in [-0.05, 0) is 55.9 Å². The van der Waals surface area contributed by atoms with Crippen LogP contribution < -0.4 is 0 Å². The van der Waals surface area contributed by atoms with Gasteiger partial charge in [0.2, 0.25) is 0 Å². The van der Waals surface area contributed by atoms with Gasteiger partial charge in [-0.15, -0.1) is 11.3 Å². The van der Waals surface area contributed by atoms with Crippen LogP contribution in [0.4, 0.5) is 0 Å². The number of hydrogen-bond donors (Lipinski definition) is 0. The van der Waals surface area contributed by atoms with Crippen LogP contribution >= 0.6 is 11.3 Å². The maximum Gasteiger partial charge on any atom is 0.146 e. The van der Waals surface area contributed by atoms with E-state index < -0.39 is 0 Å². The minimum absolute atomic E-state index is 0.671. The highest BCUT2D eigenvalue weighted by molar-refractivity contribution is 7.13. The van der Waals surface area contributed by atoms with Crippen molar-refractivity contribution in [1.29, 1.82) is 0 Å². The Morgan fingerprint density at radius 2 is 2.19 bits per heavy atom. The molecule has 0 amide bonds. The third-order valence-corrected chi connectivity index (χ3v) is 5.34. The summed E-state index contributed by atoms with van der Waals surface area (Å²) in [4.78, 5) is 9.28. The summed E-state index contributed by atoms with van der Waals surface area (Å²) in [5, 5.41) is 6.62. The van der Waals surface area contributed by atoms with Gasteiger partial charge in [-0.2, -0.15) is 0 Å². The first-order valence-corrected chi connectivity index (χ1v) is 8.41. The van der Waals surface area contributed by atoms with E-state index >= 15 is 0 Å². The van der Waals surface area contributed by atoms with Crippen molar-refractivity contribution in [3.63, 3.8) is 0 Å². The molecule has 2 aromatic rings. The fraction of sp³-hybridized carbons (Fsp3) is 0.438. The summed E-state index contributed by atoms with van der Waals surface area (Å²) in [5.74, 6) is 0. The largest absolute Gasteiger partial charge is 0.394 e. The van der Waals surface area contributed by atoms with Gasteiger partial charge in [-0.3, -0.25) is 4.90 Å². The number of nitrogens with zero attached hydrogens (tertiary/aromatic N) is 3. The molecule has 0 unspecified atom stereocenters. The third-order valence-electron chi connectivity index (χ3n) is 4.24. The summed E-state index contributed by atoms with van der Waals surface area (Å²) in [6.45, 7) is 6.21. The van der Waals surface area contributed by atoms with Crippen LogP contribution in [0, 0.1) is 6.92 Å². The van der Waals surface area contributed by atoms with Crippen LogP contribution in [0.3, 0.4) is 0 Å². The Hall–Kier alpha value is -1.59. The number of fused-ring (bicyclic) bond motifs is 3. The summed E-state index contributed by atoms with van der Waals surface area (Å²) in [6, 6.07) is 4.17. The first-order chi connectivity index (χ1) is 10.3. The van der Waals surface area contributed by atoms with Crippen LogP contribution in [0.15, 0.2) is 28.9 Å². The predicted octanol–water partition coefficient (Wildman–Crippen LogP) is 3.03. The average molecular weight is 301 g/mol. The number of hydrogen-bond acceptors (Lipinski definition) is 4. The monoisotopic (exact) mass is 301 g/mol. The lowest BCUT2D eigenvalue weighted by Crippen LogP contribution is -2.23. The molecule has 0 atom stereocenters. The van der Waals surface area contributed by atoms with Crippen LogP contribution in [-0.4, -0.2) is 41.4 Å². The lowest BCUT2D eigenvalue weighted by Gasteiger charge is -2.12. The Kier molecular flexibility index (Phi) is 3.31. The molecular weight excluding hydrogens is 282 g/mol. The van der Waals surface area contributed by atoms with E-state index in [1.54, 1.807) is 11.3 Å². The van der Waals surface area contributed by atoms with Crippen molar-refractivity contribution in [3.05, 3.63) is 39.8 Å². The molecule has 1 saturated heterocycles. The van der Waals surface area contributed by atoms with E-state index in [0.717, 1.165) is 18.0 Å². The van der Waals surface area contributed by atoms with Gasteiger partial charge in [0.25, 0.3) is 0 Å². The molecule has 4 heterocycles. The van der Waals surface area contributed by atoms with Crippen molar-refractivity contribution in [2.45, 2.75) is 19.8 Å². The molecule has 110 valence electrons. The molecule has 0 spiro atoms. The first-order valence-electron chi connectivity index (χ1n) is 7.53. The molecule has 0 aliphatic carbocycles. The first kappa shape index (κ1) is 13.1. The zero-order valence-corrected chi connectivity index (χ0v) is 13.0. The quantitative estimate of drug-likeness (QED) is 0.547. The maximum absolute atomic E-state index is 5.61. The van der Waals surface area contributed by atoms with Gasteiger partial charge >= 0.3 is 0 Å². The van der Waals surface area contributed by atoms with Crippen molar-refractivity contribution in [1.82, 2.24) is 9.47 Å². The average Bonchev–Trinajstić information content (AvgIpc) is 3.20.